The highest BCUT2D eigenvalue weighted by atomic mass is 16.6. The van der Waals surface area contributed by atoms with E-state index < -0.39 is 23.7 Å². The molecule has 0 aliphatic carbocycles. The van der Waals surface area contributed by atoms with E-state index in [4.69, 9.17) is 18.9 Å². The maximum atomic E-state index is 12.8. The number of hydrogen-bond donors (Lipinski definition) is 1. The molecule has 8 heteroatoms. The number of rotatable bonds is 5. The molecule has 0 radical (unpaired) electrons. The van der Waals surface area contributed by atoms with E-state index in [-0.39, 0.29) is 19.1 Å². The van der Waals surface area contributed by atoms with Crippen molar-refractivity contribution in [3.05, 3.63) is 88.0 Å². The minimum Gasteiger partial charge on any atom is -0.489 e. The first kappa shape index (κ1) is 27.4. The lowest BCUT2D eigenvalue weighted by molar-refractivity contribution is -0.143. The van der Waals surface area contributed by atoms with Crippen molar-refractivity contribution in [3.63, 3.8) is 0 Å². The molecule has 2 aliphatic heterocycles. The summed E-state index contributed by atoms with van der Waals surface area (Å²) in [5.74, 6) is 0.817. The molecule has 2 atom stereocenters. The number of aryl methyl sites for hydroxylation is 2. The molecular weight excluding hydrogens is 510 g/mol. The van der Waals surface area contributed by atoms with Crippen LogP contribution >= 0.6 is 0 Å². The summed E-state index contributed by atoms with van der Waals surface area (Å²) in [5.41, 5.74) is 5.46. The molecule has 40 heavy (non-hydrogen) atoms. The van der Waals surface area contributed by atoms with Crippen LogP contribution in [0.15, 0.2) is 54.6 Å². The molecule has 3 aromatic rings. The quantitative estimate of drug-likeness (QED) is 0.411. The summed E-state index contributed by atoms with van der Waals surface area (Å²) in [6, 6.07) is 16.7. The fourth-order valence-electron chi connectivity index (χ4n) is 4.89. The lowest BCUT2D eigenvalue weighted by Gasteiger charge is -2.36. The van der Waals surface area contributed by atoms with Gasteiger partial charge >= 0.3 is 12.1 Å². The first-order valence-corrected chi connectivity index (χ1v) is 13.4. The molecule has 210 valence electrons. The molecule has 0 saturated carbocycles. The van der Waals surface area contributed by atoms with Crippen molar-refractivity contribution < 1.29 is 33.6 Å². The Hall–Kier alpha value is -4.20. The van der Waals surface area contributed by atoms with Gasteiger partial charge in [0.25, 0.3) is 0 Å². The second-order valence-electron chi connectivity index (χ2n) is 11.4. The summed E-state index contributed by atoms with van der Waals surface area (Å²) in [7, 11) is 0. The SMILES string of the molecule is Cc1ccc(COc2ccc([C@H]3COc4cc5c(cc4O3)CN(C(=O)OC(C)(C)C)C(C(=O)O)C5)cc2)cc1C. The normalized spacial score (nSPS) is 18.1. The summed E-state index contributed by atoms with van der Waals surface area (Å²) in [5, 5.41) is 9.80. The average molecular weight is 546 g/mol. The van der Waals surface area contributed by atoms with E-state index in [1.54, 1.807) is 20.8 Å². The van der Waals surface area contributed by atoms with Crippen LogP contribution < -0.4 is 14.2 Å². The Kier molecular flexibility index (Phi) is 7.36. The molecular formula is C32H35NO7. The second-order valence-corrected chi connectivity index (χ2v) is 11.4. The van der Waals surface area contributed by atoms with Gasteiger partial charge < -0.3 is 24.1 Å². The fraction of sp³-hybridized carbons (Fsp3) is 0.375. The van der Waals surface area contributed by atoms with E-state index >= 15 is 0 Å². The van der Waals surface area contributed by atoms with Crippen LogP contribution in [-0.2, 0) is 29.1 Å². The summed E-state index contributed by atoms with van der Waals surface area (Å²) in [6.45, 7) is 10.4. The lowest BCUT2D eigenvalue weighted by Crippen LogP contribution is -2.50. The van der Waals surface area contributed by atoms with E-state index in [1.807, 2.05) is 36.4 Å². The van der Waals surface area contributed by atoms with Crippen LogP contribution in [-0.4, -0.2) is 40.3 Å². The molecule has 2 aliphatic rings. The van der Waals surface area contributed by atoms with Crippen LogP contribution in [0.5, 0.6) is 17.2 Å². The number of amides is 1. The van der Waals surface area contributed by atoms with Crippen LogP contribution in [0, 0.1) is 13.8 Å². The van der Waals surface area contributed by atoms with Gasteiger partial charge in [0, 0.05) is 6.42 Å². The summed E-state index contributed by atoms with van der Waals surface area (Å²) >= 11 is 0. The van der Waals surface area contributed by atoms with Gasteiger partial charge in [-0.25, -0.2) is 9.59 Å². The molecule has 1 unspecified atom stereocenters. The van der Waals surface area contributed by atoms with E-state index in [0.717, 1.165) is 28.0 Å². The number of ether oxygens (including phenoxy) is 4. The zero-order valence-corrected chi connectivity index (χ0v) is 23.5. The number of carboxylic acid groups (broad SMARTS) is 1. The van der Waals surface area contributed by atoms with Gasteiger partial charge in [0.15, 0.2) is 17.6 Å². The highest BCUT2D eigenvalue weighted by molar-refractivity contribution is 5.81. The fourth-order valence-corrected chi connectivity index (χ4v) is 4.89. The van der Waals surface area contributed by atoms with Crippen molar-refractivity contribution in [2.75, 3.05) is 6.61 Å². The van der Waals surface area contributed by atoms with E-state index in [1.165, 1.54) is 16.0 Å². The summed E-state index contributed by atoms with van der Waals surface area (Å²) in [4.78, 5) is 26.1. The maximum Gasteiger partial charge on any atom is 0.411 e. The molecule has 3 aromatic carbocycles. The number of benzene rings is 3. The molecule has 2 heterocycles. The molecule has 0 spiro atoms. The van der Waals surface area contributed by atoms with E-state index in [2.05, 4.69) is 32.0 Å². The summed E-state index contributed by atoms with van der Waals surface area (Å²) < 4.78 is 23.8. The smallest absolute Gasteiger partial charge is 0.411 e. The van der Waals surface area contributed by atoms with Gasteiger partial charge in [-0.3, -0.25) is 4.90 Å². The van der Waals surface area contributed by atoms with Gasteiger partial charge in [0.1, 0.15) is 30.6 Å². The lowest BCUT2D eigenvalue weighted by atomic mass is 9.93. The molecule has 0 fully saturated rings. The largest absolute Gasteiger partial charge is 0.489 e. The number of carboxylic acids is 1. The average Bonchev–Trinajstić information content (AvgIpc) is 2.90. The maximum absolute atomic E-state index is 12.8. The van der Waals surface area contributed by atoms with E-state index in [0.29, 0.717) is 24.7 Å². The highest BCUT2D eigenvalue weighted by Crippen LogP contribution is 2.41. The predicted octanol–water partition coefficient (Wildman–Crippen LogP) is 6.14. The van der Waals surface area contributed by atoms with Gasteiger partial charge in [0.2, 0.25) is 0 Å². The third kappa shape index (κ3) is 6.01. The van der Waals surface area contributed by atoms with Crippen molar-refractivity contribution >= 4 is 12.1 Å². The number of aliphatic carboxylic acids is 1. The molecule has 1 N–H and O–H groups in total. The first-order chi connectivity index (χ1) is 19.0. The minimum absolute atomic E-state index is 0.106. The molecule has 0 bridgehead atoms. The monoisotopic (exact) mass is 545 g/mol. The van der Waals surface area contributed by atoms with Gasteiger partial charge in [0.05, 0.1) is 6.54 Å². The second kappa shape index (κ2) is 10.8. The van der Waals surface area contributed by atoms with Crippen molar-refractivity contribution in [1.82, 2.24) is 4.90 Å². The number of fused-ring (bicyclic) bond motifs is 2. The van der Waals surface area contributed by atoms with Crippen molar-refractivity contribution in [2.24, 2.45) is 0 Å². The number of hydrogen-bond acceptors (Lipinski definition) is 6. The molecule has 8 nitrogen and oxygen atoms in total. The molecule has 5 rings (SSSR count). The van der Waals surface area contributed by atoms with Gasteiger partial charge in [-0.05, 0) is 92.3 Å². The van der Waals surface area contributed by atoms with Crippen molar-refractivity contribution in [2.45, 2.75) is 71.9 Å². The Morgan fingerprint density at radius 2 is 1.70 bits per heavy atom. The molecule has 0 aromatic heterocycles. The summed E-state index contributed by atoms with van der Waals surface area (Å²) in [6.07, 6.45) is -0.817. The van der Waals surface area contributed by atoms with Crippen LogP contribution in [0.1, 0.15) is 60.3 Å². The molecule has 1 amide bonds. The van der Waals surface area contributed by atoms with Crippen LogP contribution in [0.25, 0.3) is 0 Å². The highest BCUT2D eigenvalue weighted by Gasteiger charge is 2.38. The predicted molar refractivity (Wildman–Crippen MR) is 149 cm³/mol. The van der Waals surface area contributed by atoms with Gasteiger partial charge in [-0.1, -0.05) is 30.3 Å². The van der Waals surface area contributed by atoms with Crippen LogP contribution in [0.4, 0.5) is 4.79 Å². The van der Waals surface area contributed by atoms with Crippen molar-refractivity contribution in [3.8, 4) is 17.2 Å². The molecule has 0 saturated heterocycles. The Balaban J connectivity index is 1.28. The van der Waals surface area contributed by atoms with Crippen LogP contribution in [0.2, 0.25) is 0 Å². The third-order valence-electron chi connectivity index (χ3n) is 7.20. The zero-order valence-electron chi connectivity index (χ0n) is 23.5. The first-order valence-electron chi connectivity index (χ1n) is 13.4. The Morgan fingerprint density at radius 3 is 2.38 bits per heavy atom. The standard InChI is InChI=1S/C32H35NO7/c1-19-6-7-21(12-20(19)2)17-37-25-10-8-22(9-11-25)29-18-38-27-14-23-13-26(30(34)35)33(31(36)40-32(3,4)5)16-24(23)15-28(27)39-29/h6-12,14-15,26,29H,13,16-18H2,1-5H3,(H,34,35)/t26?,29-/m1/s1. The topological polar surface area (TPSA) is 94.5 Å². The van der Waals surface area contributed by atoms with E-state index in [9.17, 15) is 14.7 Å². The number of nitrogens with zero attached hydrogens (tertiary/aromatic N) is 1. The Morgan fingerprint density at radius 1 is 0.975 bits per heavy atom. The minimum atomic E-state index is -1.08. The van der Waals surface area contributed by atoms with Gasteiger partial charge in [-0.2, -0.15) is 0 Å². The Bertz CT molecular complexity index is 1420. The van der Waals surface area contributed by atoms with Gasteiger partial charge in [-0.15, -0.1) is 0 Å². The zero-order chi connectivity index (χ0) is 28.6. The van der Waals surface area contributed by atoms with Crippen molar-refractivity contribution in [1.29, 1.82) is 0 Å². The number of carbonyl (C=O) groups is 2. The number of carbonyl (C=O) groups excluding carboxylic acids is 1. The van der Waals surface area contributed by atoms with Crippen LogP contribution in [0.3, 0.4) is 0 Å². The third-order valence-corrected chi connectivity index (χ3v) is 7.20. The Labute approximate surface area is 234 Å².